The minimum Gasteiger partial charge on any atom is -0.383 e. The second-order valence-electron chi connectivity index (χ2n) is 3.41. The summed E-state index contributed by atoms with van der Waals surface area (Å²) in [6, 6.07) is 8.37. The molecule has 0 aliphatic carbocycles. The normalized spacial score (nSPS) is 10.1. The summed E-state index contributed by atoms with van der Waals surface area (Å²) in [4.78, 5) is 0. The monoisotopic (exact) mass is 193 g/mol. The van der Waals surface area contributed by atoms with E-state index in [1.807, 2.05) is 0 Å². The lowest BCUT2D eigenvalue weighted by Crippen LogP contribution is -2.09. The molecule has 0 radical (unpaired) electrons. The Hall–Kier alpha value is -1.02. The van der Waals surface area contributed by atoms with Crippen molar-refractivity contribution in [2.45, 2.75) is 20.3 Å². The molecule has 2 heteroatoms. The summed E-state index contributed by atoms with van der Waals surface area (Å²) in [5, 5.41) is 3.32. The highest BCUT2D eigenvalue weighted by atomic mass is 16.5. The van der Waals surface area contributed by atoms with Crippen LogP contribution in [0.15, 0.2) is 24.3 Å². The third-order valence-electron chi connectivity index (χ3n) is 1.94. The van der Waals surface area contributed by atoms with E-state index in [9.17, 15) is 0 Å². The molecule has 0 amide bonds. The summed E-state index contributed by atoms with van der Waals surface area (Å²) in [6.07, 6.45) is 1.09. The molecule has 0 bridgehead atoms. The molecule has 0 saturated heterocycles. The van der Waals surface area contributed by atoms with Crippen molar-refractivity contribution in [2.75, 3.05) is 25.1 Å². The number of nitrogens with one attached hydrogen (secondary N) is 1. The van der Waals surface area contributed by atoms with Gasteiger partial charge in [0.05, 0.1) is 6.61 Å². The van der Waals surface area contributed by atoms with Gasteiger partial charge in [-0.25, -0.2) is 0 Å². The van der Waals surface area contributed by atoms with Crippen LogP contribution in [0.25, 0.3) is 0 Å². The van der Waals surface area contributed by atoms with Crippen molar-refractivity contribution in [3.63, 3.8) is 0 Å². The summed E-state index contributed by atoms with van der Waals surface area (Å²) in [6.45, 7) is 6.73. The molecule has 14 heavy (non-hydrogen) atoms. The summed E-state index contributed by atoms with van der Waals surface area (Å²) in [7, 11) is 0. The van der Waals surface area contributed by atoms with Gasteiger partial charge in [0, 0.05) is 18.8 Å². The first-order valence-electron chi connectivity index (χ1n) is 5.21. The van der Waals surface area contributed by atoms with Crippen molar-refractivity contribution in [3.8, 4) is 0 Å². The zero-order valence-electron chi connectivity index (χ0n) is 9.05. The molecular formula is C12H19NO. The number of ether oxygens (including phenoxy) is 1. The van der Waals surface area contributed by atoms with E-state index in [-0.39, 0.29) is 0 Å². The lowest BCUT2D eigenvalue weighted by atomic mass is 10.2. The Balaban J connectivity index is 2.18. The molecular weight excluding hydrogens is 174 g/mol. The third kappa shape index (κ3) is 4.28. The van der Waals surface area contributed by atoms with E-state index < -0.39 is 0 Å². The van der Waals surface area contributed by atoms with Crippen molar-refractivity contribution >= 4 is 5.69 Å². The van der Waals surface area contributed by atoms with Gasteiger partial charge in [-0.05, 0) is 31.0 Å². The molecule has 0 spiro atoms. The Morgan fingerprint density at radius 2 is 2.14 bits per heavy atom. The number of rotatable bonds is 6. The maximum Gasteiger partial charge on any atom is 0.0639 e. The lowest BCUT2D eigenvalue weighted by molar-refractivity contribution is 0.144. The van der Waals surface area contributed by atoms with Crippen molar-refractivity contribution in [1.82, 2.24) is 0 Å². The number of aryl methyl sites for hydroxylation is 1. The third-order valence-corrected chi connectivity index (χ3v) is 1.94. The van der Waals surface area contributed by atoms with Gasteiger partial charge in [0.2, 0.25) is 0 Å². The lowest BCUT2D eigenvalue weighted by Gasteiger charge is -2.07. The molecule has 0 fully saturated rings. The molecule has 2 nitrogen and oxygen atoms in total. The van der Waals surface area contributed by atoms with Crippen molar-refractivity contribution in [2.24, 2.45) is 0 Å². The summed E-state index contributed by atoms with van der Waals surface area (Å²) >= 11 is 0. The van der Waals surface area contributed by atoms with Crippen LogP contribution < -0.4 is 5.32 Å². The molecule has 0 heterocycles. The molecule has 0 aliphatic heterocycles. The Bertz CT molecular complexity index is 260. The smallest absolute Gasteiger partial charge is 0.0639 e. The van der Waals surface area contributed by atoms with Crippen molar-refractivity contribution in [3.05, 3.63) is 29.8 Å². The van der Waals surface area contributed by atoms with Crippen LogP contribution in [0.2, 0.25) is 0 Å². The molecule has 0 unspecified atom stereocenters. The van der Waals surface area contributed by atoms with E-state index in [1.165, 1.54) is 11.3 Å². The standard InChI is InChI=1S/C12H19NO/c1-3-8-14-9-7-13-12-6-4-5-11(2)10-12/h4-6,10,13H,3,7-9H2,1-2H3. The van der Waals surface area contributed by atoms with Gasteiger partial charge in [-0.1, -0.05) is 19.1 Å². The van der Waals surface area contributed by atoms with Crippen molar-refractivity contribution in [1.29, 1.82) is 0 Å². The van der Waals surface area contributed by atoms with Gasteiger partial charge in [-0.2, -0.15) is 0 Å². The molecule has 1 aromatic rings. The molecule has 0 saturated carbocycles. The largest absolute Gasteiger partial charge is 0.383 e. The van der Waals surface area contributed by atoms with E-state index in [0.29, 0.717) is 0 Å². The second kappa shape index (κ2) is 6.44. The average molecular weight is 193 g/mol. The molecule has 0 atom stereocenters. The summed E-state index contributed by atoms with van der Waals surface area (Å²) in [5.41, 5.74) is 2.45. The first-order valence-corrected chi connectivity index (χ1v) is 5.21. The molecule has 0 aromatic heterocycles. The van der Waals surface area contributed by atoms with Gasteiger partial charge in [0.15, 0.2) is 0 Å². The van der Waals surface area contributed by atoms with Crippen LogP contribution >= 0.6 is 0 Å². The quantitative estimate of drug-likeness (QED) is 0.701. The minimum absolute atomic E-state index is 0.780. The molecule has 1 rings (SSSR count). The van der Waals surface area contributed by atoms with Gasteiger partial charge in [-0.3, -0.25) is 0 Å². The summed E-state index contributed by atoms with van der Waals surface area (Å²) in [5.74, 6) is 0. The fraction of sp³-hybridized carbons (Fsp3) is 0.500. The van der Waals surface area contributed by atoms with Gasteiger partial charge >= 0.3 is 0 Å². The number of hydrogen-bond donors (Lipinski definition) is 1. The highest BCUT2D eigenvalue weighted by Gasteiger charge is 1.91. The van der Waals surface area contributed by atoms with Gasteiger partial charge in [0.25, 0.3) is 0 Å². The molecule has 78 valence electrons. The first-order chi connectivity index (χ1) is 6.83. The Labute approximate surface area is 86.3 Å². The highest BCUT2D eigenvalue weighted by molar-refractivity contribution is 5.45. The van der Waals surface area contributed by atoms with Crippen LogP contribution in [0.3, 0.4) is 0 Å². The number of anilines is 1. The zero-order valence-corrected chi connectivity index (χ0v) is 9.05. The molecule has 1 N–H and O–H groups in total. The van der Waals surface area contributed by atoms with E-state index in [1.54, 1.807) is 0 Å². The van der Waals surface area contributed by atoms with Crippen LogP contribution in [0, 0.1) is 6.92 Å². The van der Waals surface area contributed by atoms with E-state index in [0.717, 1.165) is 26.2 Å². The highest BCUT2D eigenvalue weighted by Crippen LogP contribution is 2.08. The Morgan fingerprint density at radius 1 is 1.29 bits per heavy atom. The fourth-order valence-electron chi connectivity index (χ4n) is 1.27. The average Bonchev–Trinajstić information content (AvgIpc) is 2.18. The van der Waals surface area contributed by atoms with E-state index in [4.69, 9.17) is 4.74 Å². The van der Waals surface area contributed by atoms with E-state index in [2.05, 4.69) is 43.4 Å². The minimum atomic E-state index is 0.780. The van der Waals surface area contributed by atoms with Crippen LogP contribution in [-0.2, 0) is 4.74 Å². The maximum absolute atomic E-state index is 5.37. The van der Waals surface area contributed by atoms with Crippen molar-refractivity contribution < 1.29 is 4.74 Å². The fourth-order valence-corrected chi connectivity index (χ4v) is 1.27. The zero-order chi connectivity index (χ0) is 10.2. The topological polar surface area (TPSA) is 21.3 Å². The van der Waals surface area contributed by atoms with Crippen LogP contribution in [0.1, 0.15) is 18.9 Å². The van der Waals surface area contributed by atoms with Crippen LogP contribution in [-0.4, -0.2) is 19.8 Å². The molecule has 1 aromatic carbocycles. The number of hydrogen-bond acceptors (Lipinski definition) is 2. The second-order valence-corrected chi connectivity index (χ2v) is 3.41. The van der Waals surface area contributed by atoms with Gasteiger partial charge in [0.1, 0.15) is 0 Å². The summed E-state index contributed by atoms with van der Waals surface area (Å²) < 4.78 is 5.37. The van der Waals surface area contributed by atoms with Crippen LogP contribution in [0.5, 0.6) is 0 Å². The first kappa shape index (κ1) is 11.1. The van der Waals surface area contributed by atoms with E-state index >= 15 is 0 Å². The SMILES string of the molecule is CCCOCCNc1cccc(C)c1. The predicted octanol–water partition coefficient (Wildman–Crippen LogP) is 2.83. The van der Waals surface area contributed by atoms with Crippen LogP contribution in [0.4, 0.5) is 5.69 Å². The Kier molecular flexibility index (Phi) is 5.08. The predicted molar refractivity (Wildman–Crippen MR) is 60.8 cm³/mol. The molecule has 0 aliphatic rings. The van der Waals surface area contributed by atoms with Gasteiger partial charge in [-0.15, -0.1) is 0 Å². The maximum atomic E-state index is 5.37. The van der Waals surface area contributed by atoms with Gasteiger partial charge < -0.3 is 10.1 Å². The Morgan fingerprint density at radius 3 is 2.86 bits per heavy atom. The number of benzene rings is 1.